The van der Waals surface area contributed by atoms with Crippen LogP contribution in [0.4, 0.5) is 5.69 Å². The van der Waals surface area contributed by atoms with Gasteiger partial charge in [0, 0.05) is 28.1 Å². The number of nitrogens with one attached hydrogen (secondary N) is 2. The van der Waals surface area contributed by atoms with Gasteiger partial charge in [0.2, 0.25) is 5.91 Å². The van der Waals surface area contributed by atoms with E-state index in [2.05, 4.69) is 15.0 Å². The molecule has 4 rings (SSSR count). The highest BCUT2D eigenvalue weighted by molar-refractivity contribution is 7.90. The average molecular weight is 462 g/mol. The quantitative estimate of drug-likeness (QED) is 0.613. The van der Waals surface area contributed by atoms with Gasteiger partial charge in [-0.3, -0.25) is 9.59 Å². The Labute approximate surface area is 182 Å². The van der Waals surface area contributed by atoms with Crippen LogP contribution < -0.4 is 10.0 Å². The van der Waals surface area contributed by atoms with E-state index in [0.717, 1.165) is 11.1 Å². The Kier molecular flexibility index (Phi) is 5.59. The highest BCUT2D eigenvalue weighted by Gasteiger charge is 2.23. The zero-order valence-corrected chi connectivity index (χ0v) is 17.9. The van der Waals surface area contributed by atoms with Crippen molar-refractivity contribution >= 4 is 50.5 Å². The van der Waals surface area contributed by atoms with Crippen LogP contribution in [-0.2, 0) is 21.2 Å². The van der Waals surface area contributed by atoms with Crippen molar-refractivity contribution in [2.75, 3.05) is 5.32 Å². The smallest absolute Gasteiger partial charge is 0.284 e. The number of anilines is 1. The molecule has 1 aromatic heterocycles. The predicted molar refractivity (Wildman–Crippen MR) is 115 cm³/mol. The van der Waals surface area contributed by atoms with E-state index >= 15 is 0 Å². The standard InChI is InChI=1S/C20H16ClN3O4S2/c21-14-6-4-12(5-7-14)20-23-17(11-29-20)19(26)24-30(27,28)15-8-9-16-13(10-15)2-1-3-18(25)22-16/h4-11H,1-3H2,(H,22,25)(H,24,26). The highest BCUT2D eigenvalue weighted by atomic mass is 35.5. The third-order valence-corrected chi connectivity index (χ3v) is 7.04. The molecule has 0 aliphatic carbocycles. The monoisotopic (exact) mass is 461 g/mol. The molecule has 0 saturated carbocycles. The van der Waals surface area contributed by atoms with Gasteiger partial charge in [0.1, 0.15) is 10.7 Å². The summed E-state index contributed by atoms with van der Waals surface area (Å²) in [5, 5.41) is 5.41. The fourth-order valence-electron chi connectivity index (χ4n) is 3.05. The first-order valence-electron chi connectivity index (χ1n) is 9.03. The van der Waals surface area contributed by atoms with Crippen molar-refractivity contribution < 1.29 is 18.0 Å². The van der Waals surface area contributed by atoms with Crippen LogP contribution in [0.2, 0.25) is 5.02 Å². The molecule has 0 bridgehead atoms. The molecule has 2 N–H and O–H groups in total. The molecule has 3 aromatic rings. The molecular formula is C20H16ClN3O4S2. The maximum atomic E-state index is 12.7. The Bertz CT molecular complexity index is 1240. The summed E-state index contributed by atoms with van der Waals surface area (Å²) in [5.74, 6) is -0.910. The third-order valence-electron chi connectivity index (χ3n) is 4.57. The topological polar surface area (TPSA) is 105 Å². The summed E-state index contributed by atoms with van der Waals surface area (Å²) >= 11 is 7.11. The number of aromatic nitrogens is 1. The Morgan fingerprint density at radius 2 is 1.90 bits per heavy atom. The van der Waals surface area contributed by atoms with E-state index in [1.165, 1.54) is 28.8 Å². The minimum Gasteiger partial charge on any atom is -0.326 e. The van der Waals surface area contributed by atoms with Gasteiger partial charge in [-0.2, -0.15) is 0 Å². The van der Waals surface area contributed by atoms with E-state index < -0.39 is 15.9 Å². The van der Waals surface area contributed by atoms with Gasteiger partial charge in [-0.25, -0.2) is 18.1 Å². The molecule has 0 radical (unpaired) electrons. The number of fused-ring (bicyclic) bond motifs is 1. The summed E-state index contributed by atoms with van der Waals surface area (Å²) < 4.78 is 27.5. The Balaban J connectivity index is 1.54. The zero-order chi connectivity index (χ0) is 21.3. The second-order valence-corrected chi connectivity index (χ2v) is 9.68. The molecule has 0 saturated heterocycles. The van der Waals surface area contributed by atoms with Gasteiger partial charge in [-0.05, 0) is 48.7 Å². The first kappa shape index (κ1) is 20.5. The van der Waals surface area contributed by atoms with Crippen LogP contribution >= 0.6 is 22.9 Å². The number of amides is 2. The van der Waals surface area contributed by atoms with Gasteiger partial charge in [0.05, 0.1) is 4.90 Å². The summed E-state index contributed by atoms with van der Waals surface area (Å²) in [4.78, 5) is 28.3. The number of sulfonamides is 1. The Hall–Kier alpha value is -2.75. The Morgan fingerprint density at radius 3 is 2.67 bits per heavy atom. The number of hydrogen-bond acceptors (Lipinski definition) is 6. The first-order valence-corrected chi connectivity index (χ1v) is 11.8. The second-order valence-electron chi connectivity index (χ2n) is 6.70. The van der Waals surface area contributed by atoms with Crippen molar-refractivity contribution in [3.05, 3.63) is 64.1 Å². The summed E-state index contributed by atoms with van der Waals surface area (Å²) in [6.07, 6.45) is 1.58. The molecule has 30 heavy (non-hydrogen) atoms. The number of carbonyl (C=O) groups excluding carboxylic acids is 2. The van der Waals surface area contributed by atoms with Crippen LogP contribution in [0.25, 0.3) is 10.6 Å². The number of thiazole rings is 1. The lowest BCUT2D eigenvalue weighted by molar-refractivity contribution is -0.116. The molecule has 154 valence electrons. The third kappa shape index (κ3) is 4.38. The van der Waals surface area contributed by atoms with Crippen molar-refractivity contribution in [1.29, 1.82) is 0 Å². The van der Waals surface area contributed by atoms with Crippen molar-refractivity contribution in [1.82, 2.24) is 9.71 Å². The fourth-order valence-corrected chi connectivity index (χ4v) is 5.00. The molecule has 0 atom stereocenters. The summed E-state index contributed by atoms with van der Waals surface area (Å²) in [6, 6.07) is 11.4. The lowest BCUT2D eigenvalue weighted by Crippen LogP contribution is -2.30. The van der Waals surface area contributed by atoms with E-state index in [9.17, 15) is 18.0 Å². The molecule has 2 amide bonds. The lowest BCUT2D eigenvalue weighted by atomic mass is 10.1. The van der Waals surface area contributed by atoms with Gasteiger partial charge >= 0.3 is 0 Å². The molecular weight excluding hydrogens is 446 g/mol. The van der Waals surface area contributed by atoms with E-state index in [0.29, 0.717) is 35.0 Å². The van der Waals surface area contributed by atoms with E-state index in [1.54, 1.807) is 30.3 Å². The van der Waals surface area contributed by atoms with Crippen LogP contribution in [-0.4, -0.2) is 25.2 Å². The number of hydrogen-bond donors (Lipinski definition) is 2. The van der Waals surface area contributed by atoms with E-state index in [-0.39, 0.29) is 16.5 Å². The van der Waals surface area contributed by atoms with Gasteiger partial charge in [0.15, 0.2) is 0 Å². The SMILES string of the molecule is O=C1CCCc2cc(S(=O)(=O)NC(=O)c3csc(-c4ccc(Cl)cc4)n3)ccc2N1. The van der Waals surface area contributed by atoms with Crippen molar-refractivity contribution in [3.8, 4) is 10.6 Å². The van der Waals surface area contributed by atoms with Crippen LogP contribution in [0.5, 0.6) is 0 Å². The second kappa shape index (κ2) is 8.17. The van der Waals surface area contributed by atoms with Gasteiger partial charge < -0.3 is 5.32 Å². The number of halogens is 1. The molecule has 2 aromatic carbocycles. The molecule has 1 aliphatic heterocycles. The lowest BCUT2D eigenvalue weighted by Gasteiger charge is -2.10. The maximum Gasteiger partial charge on any atom is 0.284 e. The maximum absolute atomic E-state index is 12.7. The molecule has 2 heterocycles. The van der Waals surface area contributed by atoms with Crippen molar-refractivity contribution in [2.24, 2.45) is 0 Å². The fraction of sp³-hybridized carbons (Fsp3) is 0.150. The number of carbonyl (C=O) groups is 2. The first-order chi connectivity index (χ1) is 14.3. The van der Waals surface area contributed by atoms with Crippen molar-refractivity contribution in [2.45, 2.75) is 24.2 Å². The number of benzene rings is 2. The molecule has 10 heteroatoms. The average Bonchev–Trinajstić information content (AvgIpc) is 3.12. The van der Waals surface area contributed by atoms with E-state index in [4.69, 9.17) is 11.6 Å². The minimum atomic E-state index is -4.09. The number of nitrogens with zero attached hydrogens (tertiary/aromatic N) is 1. The molecule has 0 unspecified atom stereocenters. The summed E-state index contributed by atoms with van der Waals surface area (Å²) in [5.41, 5.74) is 2.10. The molecule has 0 spiro atoms. The van der Waals surface area contributed by atoms with Crippen molar-refractivity contribution in [3.63, 3.8) is 0 Å². The van der Waals surface area contributed by atoms with Crippen LogP contribution in [0.3, 0.4) is 0 Å². The predicted octanol–water partition coefficient (Wildman–Crippen LogP) is 3.86. The largest absolute Gasteiger partial charge is 0.326 e. The van der Waals surface area contributed by atoms with Gasteiger partial charge in [-0.15, -0.1) is 11.3 Å². The Morgan fingerprint density at radius 1 is 1.13 bits per heavy atom. The molecule has 0 fully saturated rings. The molecule has 7 nitrogen and oxygen atoms in total. The van der Waals surface area contributed by atoms with E-state index in [1.807, 2.05) is 0 Å². The van der Waals surface area contributed by atoms with Crippen LogP contribution in [0, 0.1) is 0 Å². The van der Waals surface area contributed by atoms with Crippen LogP contribution in [0.15, 0.2) is 52.7 Å². The van der Waals surface area contributed by atoms with Gasteiger partial charge in [-0.1, -0.05) is 23.7 Å². The van der Waals surface area contributed by atoms with Crippen LogP contribution in [0.1, 0.15) is 28.9 Å². The molecule has 1 aliphatic rings. The summed E-state index contributed by atoms with van der Waals surface area (Å²) in [7, 11) is -4.09. The van der Waals surface area contributed by atoms with Gasteiger partial charge in [0.25, 0.3) is 15.9 Å². The highest BCUT2D eigenvalue weighted by Crippen LogP contribution is 2.27. The summed E-state index contributed by atoms with van der Waals surface area (Å²) in [6.45, 7) is 0. The number of rotatable bonds is 4. The minimum absolute atomic E-state index is 0.00977. The normalized spacial score (nSPS) is 13.8. The number of aryl methyl sites for hydroxylation is 1. The zero-order valence-electron chi connectivity index (χ0n) is 15.5.